The van der Waals surface area contributed by atoms with Crippen LogP contribution in [0.5, 0.6) is 0 Å². The van der Waals surface area contributed by atoms with E-state index in [4.69, 9.17) is 5.73 Å². The molecule has 7 heteroatoms. The minimum Gasteiger partial charge on any atom is -0.328 e. The first-order valence-corrected chi connectivity index (χ1v) is 12.2. The molecule has 0 bridgehead atoms. The average Bonchev–Trinajstić information content (AvgIpc) is 2.86. The van der Waals surface area contributed by atoms with Gasteiger partial charge in [-0.1, -0.05) is 24.6 Å². The van der Waals surface area contributed by atoms with Gasteiger partial charge in [0.25, 0.3) is 5.91 Å². The molecule has 0 unspecified atom stereocenters. The number of aldehydes is 1. The number of likely N-dealkylation sites (tertiary alicyclic amines) is 1. The van der Waals surface area contributed by atoms with Crippen molar-refractivity contribution in [3.8, 4) is 0 Å². The summed E-state index contributed by atoms with van der Waals surface area (Å²) in [5.74, 6) is -2.49. The number of nitrogens with two attached hydrogens (primary N) is 1. The van der Waals surface area contributed by atoms with Gasteiger partial charge >= 0.3 is 0 Å². The van der Waals surface area contributed by atoms with Crippen LogP contribution in [0.1, 0.15) is 60.9 Å². The molecule has 0 atom stereocenters. The number of nitrogens with zero attached hydrogens (tertiary/aromatic N) is 1. The molecule has 1 amide bonds. The highest BCUT2D eigenvalue weighted by atomic mass is 19.2. The van der Waals surface area contributed by atoms with Gasteiger partial charge in [0.1, 0.15) is 6.29 Å². The van der Waals surface area contributed by atoms with Crippen molar-refractivity contribution in [1.29, 1.82) is 0 Å². The Bertz CT molecular complexity index is 939. The second-order valence-electron chi connectivity index (χ2n) is 9.22. The van der Waals surface area contributed by atoms with Crippen molar-refractivity contribution in [2.75, 3.05) is 25.0 Å². The summed E-state index contributed by atoms with van der Waals surface area (Å²) in [5.41, 5.74) is 7.04. The van der Waals surface area contributed by atoms with E-state index in [1.165, 1.54) is 31.4 Å². The summed E-state index contributed by atoms with van der Waals surface area (Å²) in [4.78, 5) is 24.9. The molecule has 2 aliphatic rings. The van der Waals surface area contributed by atoms with Crippen LogP contribution in [0.15, 0.2) is 42.5 Å². The Morgan fingerprint density at radius 3 is 2.44 bits per heavy atom. The quantitative estimate of drug-likeness (QED) is 0.585. The van der Waals surface area contributed by atoms with Crippen LogP contribution in [0.2, 0.25) is 0 Å². The molecule has 2 aromatic carbocycles. The largest absolute Gasteiger partial charge is 0.328 e. The zero-order valence-electron chi connectivity index (χ0n) is 19.6. The second kappa shape index (κ2) is 13.3. The Kier molecular flexibility index (Phi) is 10.2. The van der Waals surface area contributed by atoms with Gasteiger partial charge in [-0.2, -0.15) is 0 Å². The number of nitrogens with one attached hydrogen (secondary N) is 1. The molecular weight excluding hydrogens is 436 g/mol. The molecule has 1 aliphatic carbocycles. The molecule has 0 spiro atoms. The summed E-state index contributed by atoms with van der Waals surface area (Å²) in [6, 6.07) is 11.5. The van der Waals surface area contributed by atoms with E-state index in [9.17, 15) is 18.4 Å². The summed E-state index contributed by atoms with van der Waals surface area (Å²) in [5, 5.41) is 2.65. The van der Waals surface area contributed by atoms with Gasteiger partial charge in [0.05, 0.1) is 5.56 Å². The van der Waals surface area contributed by atoms with Gasteiger partial charge in [0.15, 0.2) is 11.6 Å². The monoisotopic (exact) mass is 471 g/mol. The van der Waals surface area contributed by atoms with Crippen LogP contribution in [-0.2, 0) is 11.2 Å². The number of hydrogen-bond acceptors (Lipinski definition) is 4. The van der Waals surface area contributed by atoms with Gasteiger partial charge in [-0.05, 0) is 87.9 Å². The van der Waals surface area contributed by atoms with E-state index in [1.807, 2.05) is 18.2 Å². The zero-order valence-corrected chi connectivity index (χ0v) is 19.6. The number of benzene rings is 2. The van der Waals surface area contributed by atoms with Gasteiger partial charge in [-0.3, -0.25) is 4.79 Å². The van der Waals surface area contributed by atoms with E-state index in [1.54, 1.807) is 6.07 Å². The molecule has 3 N–H and O–H groups in total. The lowest BCUT2D eigenvalue weighted by Crippen LogP contribution is -2.31. The van der Waals surface area contributed by atoms with E-state index < -0.39 is 17.5 Å². The Balaban J connectivity index is 0.000000302. The summed E-state index contributed by atoms with van der Waals surface area (Å²) < 4.78 is 27.0. The van der Waals surface area contributed by atoms with E-state index in [2.05, 4.69) is 10.2 Å². The number of hydrogen-bond donors (Lipinski definition) is 2. The maximum absolute atomic E-state index is 13.7. The van der Waals surface area contributed by atoms with Crippen LogP contribution in [0.25, 0.3) is 0 Å². The molecule has 4 rings (SSSR count). The van der Waals surface area contributed by atoms with Crippen LogP contribution in [0.3, 0.4) is 0 Å². The molecule has 1 saturated heterocycles. The smallest absolute Gasteiger partial charge is 0.258 e. The maximum Gasteiger partial charge on any atom is 0.258 e. The zero-order chi connectivity index (χ0) is 24.3. The Morgan fingerprint density at radius 1 is 1.03 bits per heavy atom. The van der Waals surface area contributed by atoms with Crippen LogP contribution < -0.4 is 11.1 Å². The maximum atomic E-state index is 13.7. The summed E-state index contributed by atoms with van der Waals surface area (Å²) in [6.07, 6.45) is 9.87. The van der Waals surface area contributed by atoms with Crippen LogP contribution >= 0.6 is 0 Å². The lowest BCUT2D eigenvalue weighted by molar-refractivity contribution is -0.111. The highest BCUT2D eigenvalue weighted by Crippen LogP contribution is 2.21. The summed E-state index contributed by atoms with van der Waals surface area (Å²) >= 11 is 0. The summed E-state index contributed by atoms with van der Waals surface area (Å²) in [6.45, 7) is 3.29. The predicted octanol–water partition coefficient (Wildman–Crippen LogP) is 4.95. The predicted molar refractivity (Wildman–Crippen MR) is 131 cm³/mol. The Hall–Kier alpha value is -2.64. The molecule has 2 fully saturated rings. The lowest BCUT2D eigenvalue weighted by Gasteiger charge is -2.26. The lowest BCUT2D eigenvalue weighted by atomic mass is 9.88. The molecule has 5 nitrogen and oxygen atoms in total. The van der Waals surface area contributed by atoms with E-state index in [0.29, 0.717) is 17.6 Å². The van der Waals surface area contributed by atoms with Gasteiger partial charge in [-0.15, -0.1) is 0 Å². The first kappa shape index (κ1) is 26.0. The van der Waals surface area contributed by atoms with Gasteiger partial charge in [-0.25, -0.2) is 8.78 Å². The molecule has 2 aromatic rings. The fraction of sp³-hybridized carbons (Fsp3) is 0.481. The summed E-state index contributed by atoms with van der Waals surface area (Å²) in [7, 11) is 0. The Morgan fingerprint density at radius 2 is 1.74 bits per heavy atom. The van der Waals surface area contributed by atoms with E-state index >= 15 is 0 Å². The second-order valence-corrected chi connectivity index (χ2v) is 9.22. The first-order chi connectivity index (χ1) is 16.5. The SMILES string of the molecule is NC1CCC(C=O)CC1.O=C(Nc1cccc(CCN2CCCCC2)c1)c1cccc(F)c1F. The number of piperidine rings is 1. The van der Waals surface area contributed by atoms with Crippen LogP contribution in [0, 0.1) is 17.6 Å². The van der Waals surface area contributed by atoms with Crippen LogP contribution in [0.4, 0.5) is 14.5 Å². The molecule has 184 valence electrons. The molecule has 0 radical (unpaired) electrons. The highest BCUT2D eigenvalue weighted by molar-refractivity contribution is 6.04. The first-order valence-electron chi connectivity index (χ1n) is 12.2. The topological polar surface area (TPSA) is 75.4 Å². The van der Waals surface area contributed by atoms with E-state index in [-0.39, 0.29) is 5.56 Å². The minimum atomic E-state index is -1.12. The molecular formula is C27H35F2N3O2. The van der Waals surface area contributed by atoms with Gasteiger partial charge < -0.3 is 20.7 Å². The number of carbonyl (C=O) groups is 2. The molecule has 0 aromatic heterocycles. The Labute approximate surface area is 200 Å². The van der Waals surface area contributed by atoms with Crippen molar-refractivity contribution in [3.05, 3.63) is 65.2 Å². The van der Waals surface area contributed by atoms with Crippen LogP contribution in [-0.4, -0.2) is 42.8 Å². The van der Waals surface area contributed by atoms with Crippen molar-refractivity contribution in [3.63, 3.8) is 0 Å². The standard InChI is InChI=1S/C20H22F2N2O.C7H13NO/c21-18-9-5-8-17(19(18)22)20(25)23-16-7-4-6-15(14-16)10-13-24-11-2-1-3-12-24;8-7-3-1-6(5-9)2-4-7/h4-9,14H,1-3,10-13H2,(H,23,25);5-7H,1-4,8H2. The fourth-order valence-corrected chi connectivity index (χ4v) is 4.43. The number of halogens is 2. The van der Waals surface area contributed by atoms with Crippen molar-refractivity contribution < 1.29 is 18.4 Å². The normalized spacial score (nSPS) is 20.7. The van der Waals surface area contributed by atoms with Crippen molar-refractivity contribution in [2.45, 2.75) is 57.4 Å². The fourth-order valence-electron chi connectivity index (χ4n) is 4.43. The van der Waals surface area contributed by atoms with Crippen molar-refractivity contribution in [2.24, 2.45) is 11.7 Å². The third kappa shape index (κ3) is 7.99. The van der Waals surface area contributed by atoms with Gasteiger partial charge in [0, 0.05) is 24.2 Å². The highest BCUT2D eigenvalue weighted by Gasteiger charge is 2.17. The number of anilines is 1. The van der Waals surface area contributed by atoms with Gasteiger partial charge in [0.2, 0.25) is 0 Å². The number of rotatable bonds is 6. The molecule has 1 aliphatic heterocycles. The van der Waals surface area contributed by atoms with Crippen molar-refractivity contribution in [1.82, 2.24) is 4.90 Å². The third-order valence-electron chi connectivity index (χ3n) is 6.56. The number of carbonyl (C=O) groups excluding carboxylic acids is 2. The van der Waals surface area contributed by atoms with Crippen molar-refractivity contribution >= 4 is 17.9 Å². The number of amides is 1. The third-order valence-corrected chi connectivity index (χ3v) is 6.56. The molecule has 34 heavy (non-hydrogen) atoms. The minimum absolute atomic E-state index is 0.293. The van der Waals surface area contributed by atoms with E-state index in [0.717, 1.165) is 69.7 Å². The average molecular weight is 472 g/mol. The molecule has 1 saturated carbocycles. The molecule has 1 heterocycles.